The number of aryl methyl sites for hydroxylation is 1. The minimum Gasteiger partial charge on any atom is -0.311 e. The van der Waals surface area contributed by atoms with E-state index >= 15 is 0 Å². The van der Waals surface area contributed by atoms with E-state index in [0.29, 0.717) is 36.6 Å². The lowest BCUT2D eigenvalue weighted by Gasteiger charge is -2.25. The van der Waals surface area contributed by atoms with E-state index in [1.165, 1.54) is 4.31 Å². The van der Waals surface area contributed by atoms with Crippen LogP contribution in [0.2, 0.25) is 0 Å². The van der Waals surface area contributed by atoms with Crippen molar-refractivity contribution < 1.29 is 21.6 Å². The summed E-state index contributed by atoms with van der Waals surface area (Å²) in [6.07, 6.45) is 3.34. The van der Waals surface area contributed by atoms with E-state index in [4.69, 9.17) is 0 Å². The van der Waals surface area contributed by atoms with Crippen LogP contribution in [-0.4, -0.2) is 61.4 Å². The third-order valence-corrected chi connectivity index (χ3v) is 9.58. The van der Waals surface area contributed by atoms with Crippen molar-refractivity contribution >= 4 is 31.6 Å². The topological polar surface area (TPSA) is 118 Å². The standard InChI is InChI=1S/C21H28N4O5S2/c1-16-13-20(25(23-16)18-9-12-31(27,28)15-18)22-21(26)14-17-5-7-19(8-6-17)32(29,30)24-10-3-2-4-11-24/h5-8,13,18H,2-4,9-12,14-15H2,1H3,(H,22,26). The number of aromatic nitrogens is 2. The fraction of sp³-hybridized carbons (Fsp3) is 0.524. The van der Waals surface area contributed by atoms with Crippen molar-refractivity contribution in [3.63, 3.8) is 0 Å². The number of benzene rings is 1. The number of carbonyl (C=O) groups is 1. The van der Waals surface area contributed by atoms with Crippen LogP contribution < -0.4 is 5.32 Å². The van der Waals surface area contributed by atoms with E-state index in [0.717, 1.165) is 19.3 Å². The van der Waals surface area contributed by atoms with Gasteiger partial charge in [-0.3, -0.25) is 4.79 Å². The number of nitrogens with zero attached hydrogens (tertiary/aromatic N) is 3. The second kappa shape index (κ2) is 8.95. The van der Waals surface area contributed by atoms with Crippen LogP contribution in [0.3, 0.4) is 0 Å². The van der Waals surface area contributed by atoms with Crippen molar-refractivity contribution in [3.8, 4) is 0 Å². The van der Waals surface area contributed by atoms with Gasteiger partial charge in [0.1, 0.15) is 5.82 Å². The van der Waals surface area contributed by atoms with Gasteiger partial charge in [0.05, 0.1) is 34.6 Å². The molecule has 0 aliphatic carbocycles. The monoisotopic (exact) mass is 480 g/mol. The van der Waals surface area contributed by atoms with Gasteiger partial charge in [-0.25, -0.2) is 21.5 Å². The predicted molar refractivity (Wildman–Crippen MR) is 121 cm³/mol. The molecule has 2 fully saturated rings. The van der Waals surface area contributed by atoms with Crippen molar-refractivity contribution in [3.05, 3.63) is 41.6 Å². The van der Waals surface area contributed by atoms with Crippen molar-refractivity contribution in [2.75, 3.05) is 29.9 Å². The maximum absolute atomic E-state index is 12.8. The van der Waals surface area contributed by atoms with Gasteiger partial charge in [0, 0.05) is 19.2 Å². The number of rotatable bonds is 6. The quantitative estimate of drug-likeness (QED) is 0.675. The molecule has 0 spiro atoms. The molecule has 0 radical (unpaired) electrons. The second-order valence-corrected chi connectivity index (χ2v) is 12.7. The molecular weight excluding hydrogens is 452 g/mol. The molecule has 2 aromatic rings. The number of sulfonamides is 1. The summed E-state index contributed by atoms with van der Waals surface area (Å²) >= 11 is 0. The highest BCUT2D eigenvalue weighted by atomic mass is 32.2. The first-order valence-corrected chi connectivity index (χ1v) is 14.1. The molecular formula is C21H28N4O5S2. The van der Waals surface area contributed by atoms with Crippen LogP contribution >= 0.6 is 0 Å². The molecule has 1 atom stereocenters. The molecule has 1 aromatic heterocycles. The zero-order valence-electron chi connectivity index (χ0n) is 18.0. The Kier molecular flexibility index (Phi) is 6.42. The molecule has 4 rings (SSSR count). The minimum absolute atomic E-state index is 0.0178. The van der Waals surface area contributed by atoms with Crippen LogP contribution in [0.5, 0.6) is 0 Å². The molecule has 2 aliphatic rings. The predicted octanol–water partition coefficient (Wildman–Crippen LogP) is 1.91. The third kappa shape index (κ3) is 5.05. The van der Waals surface area contributed by atoms with Crippen molar-refractivity contribution in [2.45, 2.75) is 50.0 Å². The first-order valence-electron chi connectivity index (χ1n) is 10.8. The molecule has 2 saturated heterocycles. The normalized spacial score (nSPS) is 21.5. The summed E-state index contributed by atoms with van der Waals surface area (Å²) in [4.78, 5) is 12.9. The van der Waals surface area contributed by atoms with Crippen molar-refractivity contribution in [1.82, 2.24) is 14.1 Å². The van der Waals surface area contributed by atoms with E-state index < -0.39 is 19.9 Å². The molecule has 0 bridgehead atoms. The molecule has 1 N–H and O–H groups in total. The largest absolute Gasteiger partial charge is 0.311 e. The SMILES string of the molecule is Cc1cc(NC(=O)Cc2ccc(S(=O)(=O)N3CCCCC3)cc2)n(C2CCS(=O)(=O)C2)n1. The van der Waals surface area contributed by atoms with Gasteiger partial charge in [-0.1, -0.05) is 18.6 Å². The first kappa shape index (κ1) is 22.9. The number of anilines is 1. The van der Waals surface area contributed by atoms with Gasteiger partial charge in [-0.05, 0) is 43.9 Å². The highest BCUT2D eigenvalue weighted by molar-refractivity contribution is 7.91. The van der Waals surface area contributed by atoms with E-state index in [-0.39, 0.29) is 34.8 Å². The Balaban J connectivity index is 1.42. The number of amides is 1. The molecule has 174 valence electrons. The van der Waals surface area contributed by atoms with E-state index in [9.17, 15) is 21.6 Å². The summed E-state index contributed by atoms with van der Waals surface area (Å²) in [6.45, 7) is 2.88. The molecule has 9 nitrogen and oxygen atoms in total. The fourth-order valence-corrected chi connectivity index (χ4v) is 7.47. The highest BCUT2D eigenvalue weighted by Gasteiger charge is 2.31. The number of piperidine rings is 1. The lowest BCUT2D eigenvalue weighted by atomic mass is 10.1. The highest BCUT2D eigenvalue weighted by Crippen LogP contribution is 2.27. The van der Waals surface area contributed by atoms with Crippen LogP contribution in [0.1, 0.15) is 43.0 Å². The average Bonchev–Trinajstić information content (AvgIpc) is 3.30. The molecule has 0 saturated carbocycles. The summed E-state index contributed by atoms with van der Waals surface area (Å²) in [5.74, 6) is 0.332. The molecule has 2 aliphatic heterocycles. The minimum atomic E-state index is -3.51. The number of hydrogen-bond acceptors (Lipinski definition) is 6. The van der Waals surface area contributed by atoms with Crippen molar-refractivity contribution in [2.24, 2.45) is 0 Å². The van der Waals surface area contributed by atoms with Gasteiger partial charge in [0.2, 0.25) is 15.9 Å². The Bertz CT molecular complexity index is 1200. The zero-order valence-corrected chi connectivity index (χ0v) is 19.7. The second-order valence-electron chi connectivity index (χ2n) is 8.51. The first-order chi connectivity index (χ1) is 15.1. The summed E-state index contributed by atoms with van der Waals surface area (Å²) in [5, 5.41) is 7.19. The van der Waals surface area contributed by atoms with E-state index in [2.05, 4.69) is 10.4 Å². The molecule has 1 unspecified atom stereocenters. The smallest absolute Gasteiger partial charge is 0.243 e. The average molecular weight is 481 g/mol. The molecule has 1 aromatic carbocycles. The maximum atomic E-state index is 12.8. The molecule has 3 heterocycles. The lowest BCUT2D eigenvalue weighted by molar-refractivity contribution is -0.115. The van der Waals surface area contributed by atoms with Crippen LogP contribution in [-0.2, 0) is 31.1 Å². The molecule has 11 heteroatoms. The number of sulfone groups is 1. The number of hydrogen-bond donors (Lipinski definition) is 1. The Morgan fingerprint density at radius 3 is 2.47 bits per heavy atom. The van der Waals surface area contributed by atoms with E-state index in [1.807, 2.05) is 0 Å². The summed E-state index contributed by atoms with van der Waals surface area (Å²) in [6, 6.07) is 7.83. The summed E-state index contributed by atoms with van der Waals surface area (Å²) in [7, 11) is -6.58. The number of nitrogens with one attached hydrogen (secondary N) is 1. The van der Waals surface area contributed by atoms with Crippen LogP contribution in [0.25, 0.3) is 0 Å². The van der Waals surface area contributed by atoms with Gasteiger partial charge in [-0.2, -0.15) is 9.40 Å². The van der Waals surface area contributed by atoms with Crippen LogP contribution in [0, 0.1) is 6.92 Å². The zero-order chi connectivity index (χ0) is 22.9. The third-order valence-electron chi connectivity index (χ3n) is 5.92. The summed E-state index contributed by atoms with van der Waals surface area (Å²) in [5.41, 5.74) is 1.38. The van der Waals surface area contributed by atoms with Gasteiger partial charge < -0.3 is 5.32 Å². The van der Waals surface area contributed by atoms with E-state index in [1.54, 1.807) is 41.9 Å². The van der Waals surface area contributed by atoms with Crippen LogP contribution in [0.4, 0.5) is 5.82 Å². The van der Waals surface area contributed by atoms with Gasteiger partial charge in [0.25, 0.3) is 0 Å². The Labute approximate surface area is 188 Å². The Hall–Kier alpha value is -2.24. The van der Waals surface area contributed by atoms with Gasteiger partial charge in [-0.15, -0.1) is 0 Å². The van der Waals surface area contributed by atoms with Gasteiger partial charge in [0.15, 0.2) is 9.84 Å². The van der Waals surface area contributed by atoms with Gasteiger partial charge >= 0.3 is 0 Å². The fourth-order valence-electron chi connectivity index (χ4n) is 4.26. The summed E-state index contributed by atoms with van der Waals surface area (Å²) < 4.78 is 52.3. The molecule has 32 heavy (non-hydrogen) atoms. The number of carbonyl (C=O) groups excluding carboxylic acids is 1. The lowest BCUT2D eigenvalue weighted by Crippen LogP contribution is -2.35. The Morgan fingerprint density at radius 2 is 1.84 bits per heavy atom. The van der Waals surface area contributed by atoms with Crippen molar-refractivity contribution in [1.29, 1.82) is 0 Å². The van der Waals surface area contributed by atoms with Crippen LogP contribution in [0.15, 0.2) is 35.2 Å². The molecule has 1 amide bonds. The maximum Gasteiger partial charge on any atom is 0.243 e. The Morgan fingerprint density at radius 1 is 1.16 bits per heavy atom.